The van der Waals surface area contributed by atoms with Crippen molar-refractivity contribution in [2.75, 3.05) is 13.1 Å². The Morgan fingerprint density at radius 3 is 2.67 bits per heavy atom. The van der Waals surface area contributed by atoms with Gasteiger partial charge < -0.3 is 15.1 Å². The molecule has 6 heteroatoms. The Kier molecular flexibility index (Phi) is 3.74. The van der Waals surface area contributed by atoms with Crippen molar-refractivity contribution in [2.45, 2.75) is 6.42 Å². The highest BCUT2D eigenvalue weighted by atomic mass is 127. The zero-order chi connectivity index (χ0) is 13.3. The quantitative estimate of drug-likeness (QED) is 0.801. The summed E-state index contributed by atoms with van der Waals surface area (Å²) in [4.78, 5) is 24.1. The molecule has 1 amide bonds. The molecular formula is C12H12INO4. The van der Waals surface area contributed by atoms with Gasteiger partial charge in [0.2, 0.25) is 0 Å². The lowest BCUT2D eigenvalue weighted by Gasteiger charge is -2.38. The Bertz CT molecular complexity index is 497. The van der Waals surface area contributed by atoms with Crippen LogP contribution in [0.1, 0.15) is 16.8 Å². The topological polar surface area (TPSA) is 77.8 Å². The number of likely N-dealkylation sites (tertiary alicyclic amines) is 1. The third-order valence-corrected chi connectivity index (χ3v) is 3.57. The molecule has 2 rings (SSSR count). The first-order valence-corrected chi connectivity index (χ1v) is 6.55. The van der Waals surface area contributed by atoms with Gasteiger partial charge in [-0.25, -0.2) is 0 Å². The number of benzene rings is 1. The molecule has 1 aliphatic heterocycles. The number of aromatic hydroxyl groups is 1. The summed E-state index contributed by atoms with van der Waals surface area (Å²) in [5, 5.41) is 18.3. The molecule has 0 aliphatic carbocycles. The maximum Gasteiger partial charge on any atom is 0.303 e. The molecule has 0 unspecified atom stereocenters. The van der Waals surface area contributed by atoms with Gasteiger partial charge in [0.15, 0.2) is 0 Å². The number of aliphatic carboxylic acids is 1. The van der Waals surface area contributed by atoms with E-state index in [0.717, 1.165) is 3.57 Å². The Balaban J connectivity index is 2.01. The van der Waals surface area contributed by atoms with E-state index in [-0.39, 0.29) is 29.6 Å². The highest BCUT2D eigenvalue weighted by molar-refractivity contribution is 14.1. The number of halogens is 1. The first-order chi connectivity index (χ1) is 8.47. The summed E-state index contributed by atoms with van der Waals surface area (Å²) in [5.41, 5.74) is 0.274. The van der Waals surface area contributed by atoms with Crippen LogP contribution in [-0.2, 0) is 4.79 Å². The average molecular weight is 361 g/mol. The highest BCUT2D eigenvalue weighted by Gasteiger charge is 2.33. The van der Waals surface area contributed by atoms with E-state index in [1.807, 2.05) is 0 Å². The highest BCUT2D eigenvalue weighted by Crippen LogP contribution is 2.26. The second-order valence-electron chi connectivity index (χ2n) is 4.34. The predicted molar refractivity (Wildman–Crippen MR) is 72.5 cm³/mol. The molecule has 96 valence electrons. The molecule has 0 spiro atoms. The minimum absolute atomic E-state index is 0.0244. The molecule has 1 aromatic carbocycles. The predicted octanol–water partition coefficient (Wildman–Crippen LogP) is 1.54. The van der Waals surface area contributed by atoms with E-state index in [1.54, 1.807) is 17.0 Å². The van der Waals surface area contributed by atoms with Gasteiger partial charge >= 0.3 is 5.97 Å². The van der Waals surface area contributed by atoms with Crippen LogP contribution in [0.2, 0.25) is 0 Å². The van der Waals surface area contributed by atoms with Gasteiger partial charge in [-0.3, -0.25) is 9.59 Å². The van der Waals surface area contributed by atoms with Crippen molar-refractivity contribution in [3.8, 4) is 5.75 Å². The standard InChI is InChI=1S/C12H12INO4/c13-8-1-2-10(15)9(4-8)12(18)14-5-7(6-14)3-11(16)17/h1-2,4,7,15H,3,5-6H2,(H,16,17). The molecule has 0 saturated carbocycles. The monoisotopic (exact) mass is 361 g/mol. The van der Waals surface area contributed by atoms with E-state index >= 15 is 0 Å². The number of amides is 1. The van der Waals surface area contributed by atoms with Gasteiger partial charge in [0.25, 0.3) is 5.91 Å². The fourth-order valence-electron chi connectivity index (χ4n) is 1.96. The fraction of sp³-hybridized carbons (Fsp3) is 0.333. The molecular weight excluding hydrogens is 349 g/mol. The van der Waals surface area contributed by atoms with Crippen LogP contribution in [0.25, 0.3) is 0 Å². The molecule has 0 bridgehead atoms. The van der Waals surface area contributed by atoms with Gasteiger partial charge in [-0.05, 0) is 40.8 Å². The number of nitrogens with zero attached hydrogens (tertiary/aromatic N) is 1. The first-order valence-electron chi connectivity index (χ1n) is 5.47. The summed E-state index contributed by atoms with van der Waals surface area (Å²) in [6, 6.07) is 4.84. The van der Waals surface area contributed by atoms with Crippen molar-refractivity contribution in [3.05, 3.63) is 27.3 Å². The van der Waals surface area contributed by atoms with Crippen LogP contribution in [0.4, 0.5) is 0 Å². The molecule has 0 aromatic heterocycles. The van der Waals surface area contributed by atoms with E-state index in [9.17, 15) is 14.7 Å². The Morgan fingerprint density at radius 1 is 1.39 bits per heavy atom. The van der Waals surface area contributed by atoms with Crippen molar-refractivity contribution in [1.29, 1.82) is 0 Å². The zero-order valence-corrected chi connectivity index (χ0v) is 11.6. The Hall–Kier alpha value is -1.31. The van der Waals surface area contributed by atoms with Gasteiger partial charge in [0.1, 0.15) is 5.75 Å². The molecule has 5 nitrogen and oxygen atoms in total. The van der Waals surface area contributed by atoms with Crippen LogP contribution in [0, 0.1) is 9.49 Å². The average Bonchev–Trinajstić information content (AvgIpc) is 2.25. The molecule has 18 heavy (non-hydrogen) atoms. The summed E-state index contributed by atoms with van der Waals surface area (Å²) in [5.74, 6) is -1.10. The number of carbonyl (C=O) groups is 2. The van der Waals surface area contributed by atoms with Gasteiger partial charge in [-0.1, -0.05) is 0 Å². The maximum absolute atomic E-state index is 12.0. The smallest absolute Gasteiger partial charge is 0.303 e. The van der Waals surface area contributed by atoms with Gasteiger partial charge in [0, 0.05) is 22.6 Å². The second kappa shape index (κ2) is 5.13. The lowest BCUT2D eigenvalue weighted by Crippen LogP contribution is -2.50. The fourth-order valence-corrected chi connectivity index (χ4v) is 2.45. The van der Waals surface area contributed by atoms with E-state index in [0.29, 0.717) is 13.1 Å². The lowest BCUT2D eigenvalue weighted by molar-refractivity contribution is -0.139. The summed E-state index contributed by atoms with van der Waals surface area (Å²) in [7, 11) is 0. The normalized spacial score (nSPS) is 15.3. The number of hydrogen-bond acceptors (Lipinski definition) is 3. The van der Waals surface area contributed by atoms with E-state index in [1.165, 1.54) is 6.07 Å². The first kappa shape index (κ1) is 13.1. The minimum atomic E-state index is -0.843. The summed E-state index contributed by atoms with van der Waals surface area (Å²) < 4.78 is 0.872. The van der Waals surface area contributed by atoms with E-state index < -0.39 is 5.97 Å². The lowest BCUT2D eigenvalue weighted by atomic mass is 9.95. The maximum atomic E-state index is 12.0. The molecule has 0 radical (unpaired) electrons. The van der Waals surface area contributed by atoms with E-state index in [2.05, 4.69) is 22.6 Å². The van der Waals surface area contributed by atoms with Gasteiger partial charge in [-0.2, -0.15) is 0 Å². The van der Waals surface area contributed by atoms with Crippen LogP contribution < -0.4 is 0 Å². The van der Waals surface area contributed by atoms with Gasteiger partial charge in [0.05, 0.1) is 12.0 Å². The summed E-state index contributed by atoms with van der Waals surface area (Å²) >= 11 is 2.07. The number of carbonyl (C=O) groups excluding carboxylic acids is 1. The molecule has 1 aromatic rings. The molecule has 2 N–H and O–H groups in total. The molecule has 1 fully saturated rings. The van der Waals surface area contributed by atoms with Crippen molar-refractivity contribution in [1.82, 2.24) is 4.90 Å². The zero-order valence-electron chi connectivity index (χ0n) is 9.47. The third kappa shape index (κ3) is 2.74. The van der Waals surface area contributed by atoms with Crippen LogP contribution in [0.15, 0.2) is 18.2 Å². The van der Waals surface area contributed by atoms with Crippen molar-refractivity contribution >= 4 is 34.5 Å². The third-order valence-electron chi connectivity index (χ3n) is 2.90. The Morgan fingerprint density at radius 2 is 2.06 bits per heavy atom. The number of phenols is 1. The number of carboxylic acid groups (broad SMARTS) is 1. The Labute approximate surface area is 118 Å². The van der Waals surface area contributed by atoms with Crippen molar-refractivity contribution in [3.63, 3.8) is 0 Å². The van der Waals surface area contributed by atoms with Crippen molar-refractivity contribution < 1.29 is 19.8 Å². The summed E-state index contributed by atoms with van der Waals surface area (Å²) in [6.07, 6.45) is 0.0854. The minimum Gasteiger partial charge on any atom is -0.507 e. The SMILES string of the molecule is O=C(O)CC1CN(C(=O)c2cc(I)ccc2O)C1. The number of rotatable bonds is 3. The second-order valence-corrected chi connectivity index (χ2v) is 5.58. The van der Waals surface area contributed by atoms with Gasteiger partial charge in [-0.15, -0.1) is 0 Å². The van der Waals surface area contributed by atoms with Crippen LogP contribution in [0.3, 0.4) is 0 Å². The van der Waals surface area contributed by atoms with E-state index in [4.69, 9.17) is 5.11 Å². The molecule has 0 atom stereocenters. The summed E-state index contributed by atoms with van der Waals surface area (Å²) in [6.45, 7) is 0.881. The largest absolute Gasteiger partial charge is 0.507 e. The van der Waals surface area contributed by atoms with Crippen LogP contribution >= 0.6 is 22.6 Å². The molecule has 1 aliphatic rings. The number of phenolic OH excluding ortho intramolecular Hbond substituents is 1. The molecule has 1 saturated heterocycles. The number of carboxylic acids is 1. The molecule has 1 heterocycles. The van der Waals surface area contributed by atoms with Crippen molar-refractivity contribution in [2.24, 2.45) is 5.92 Å². The number of hydrogen-bond donors (Lipinski definition) is 2. The van der Waals surface area contributed by atoms with Crippen LogP contribution in [0.5, 0.6) is 5.75 Å². The van der Waals surface area contributed by atoms with Crippen LogP contribution in [-0.4, -0.2) is 40.1 Å².